The van der Waals surface area contributed by atoms with Crippen LogP contribution in [0.4, 0.5) is 8.78 Å². The van der Waals surface area contributed by atoms with E-state index in [-0.39, 0.29) is 17.9 Å². The molecule has 0 fully saturated rings. The van der Waals surface area contributed by atoms with Crippen molar-refractivity contribution in [1.82, 2.24) is 29.6 Å². The molecule has 30 heavy (non-hydrogen) atoms. The molecule has 2 aromatic carbocycles. The van der Waals surface area contributed by atoms with Crippen LogP contribution in [0.1, 0.15) is 5.56 Å². The van der Waals surface area contributed by atoms with Gasteiger partial charge >= 0.3 is 0 Å². The van der Waals surface area contributed by atoms with Crippen molar-refractivity contribution in [2.24, 2.45) is 0 Å². The summed E-state index contributed by atoms with van der Waals surface area (Å²) in [5, 5.41) is 23.8. The van der Waals surface area contributed by atoms with Crippen molar-refractivity contribution < 1.29 is 13.9 Å². The van der Waals surface area contributed by atoms with Gasteiger partial charge in [0.25, 0.3) is 0 Å². The van der Waals surface area contributed by atoms with Gasteiger partial charge in [-0.1, -0.05) is 48.2 Å². The summed E-state index contributed by atoms with van der Waals surface area (Å²) in [6.45, 7) is -0.104. The average Bonchev–Trinajstić information content (AvgIpc) is 3.36. The molecule has 0 saturated heterocycles. The van der Waals surface area contributed by atoms with Gasteiger partial charge in [-0.15, -0.1) is 10.2 Å². The van der Waals surface area contributed by atoms with Crippen molar-refractivity contribution in [1.29, 1.82) is 0 Å². The fraction of sp³-hybridized carbons (Fsp3) is 0.158. The maximum Gasteiger partial charge on any atom is 0.210 e. The van der Waals surface area contributed by atoms with E-state index >= 15 is 0 Å². The van der Waals surface area contributed by atoms with E-state index in [1.165, 1.54) is 28.1 Å². The van der Waals surface area contributed by atoms with Gasteiger partial charge in [0.2, 0.25) is 5.16 Å². The summed E-state index contributed by atoms with van der Waals surface area (Å²) < 4.78 is 30.6. The van der Waals surface area contributed by atoms with Gasteiger partial charge in [0.05, 0.1) is 6.54 Å². The Bertz CT molecular complexity index is 1140. The lowest BCUT2D eigenvalue weighted by Gasteiger charge is -2.28. The van der Waals surface area contributed by atoms with Gasteiger partial charge in [-0.3, -0.25) is 0 Å². The Labute approximate surface area is 174 Å². The summed E-state index contributed by atoms with van der Waals surface area (Å²) in [4.78, 5) is 3.84. The number of benzene rings is 2. The second kappa shape index (κ2) is 8.20. The Kier molecular flexibility index (Phi) is 5.46. The number of aliphatic hydroxyl groups is 1. The minimum Gasteiger partial charge on any atom is -0.382 e. The molecule has 0 spiro atoms. The second-order valence-electron chi connectivity index (χ2n) is 6.58. The number of hydrogen-bond acceptors (Lipinski definition) is 7. The molecular weight excluding hydrogens is 412 g/mol. The van der Waals surface area contributed by atoms with Gasteiger partial charge in [0.1, 0.15) is 29.9 Å². The van der Waals surface area contributed by atoms with Gasteiger partial charge < -0.3 is 10.9 Å². The molecule has 0 aliphatic heterocycles. The summed E-state index contributed by atoms with van der Waals surface area (Å²) in [6.07, 6.45) is 2.70. The fourth-order valence-electron chi connectivity index (χ4n) is 3.00. The van der Waals surface area contributed by atoms with E-state index in [1.807, 2.05) is 30.3 Å². The van der Waals surface area contributed by atoms with E-state index in [4.69, 9.17) is 5.84 Å². The Balaban J connectivity index is 1.62. The maximum absolute atomic E-state index is 14.5. The predicted molar refractivity (Wildman–Crippen MR) is 107 cm³/mol. The highest BCUT2D eigenvalue weighted by molar-refractivity contribution is 7.99. The molecule has 3 N–H and O–H groups in total. The number of rotatable bonds is 7. The SMILES string of the molecule is Nn1c(SCC(O)(Cn2cncn2)c2ccc(F)cc2F)nnc1-c1ccccc1. The largest absolute Gasteiger partial charge is 0.382 e. The maximum atomic E-state index is 14.5. The molecule has 0 saturated carbocycles. The first-order valence-corrected chi connectivity index (χ1v) is 9.84. The lowest BCUT2D eigenvalue weighted by molar-refractivity contribution is 0.0360. The lowest BCUT2D eigenvalue weighted by atomic mass is 9.95. The number of nitrogens with two attached hydrogens (primary N) is 1. The van der Waals surface area contributed by atoms with Crippen LogP contribution in [-0.4, -0.2) is 40.5 Å². The quantitative estimate of drug-likeness (QED) is 0.343. The van der Waals surface area contributed by atoms with E-state index in [2.05, 4.69) is 20.3 Å². The minimum atomic E-state index is -1.74. The molecule has 1 unspecified atom stereocenters. The normalized spacial score (nSPS) is 13.3. The van der Waals surface area contributed by atoms with Crippen LogP contribution in [0.2, 0.25) is 0 Å². The van der Waals surface area contributed by atoms with Crippen LogP contribution in [-0.2, 0) is 12.1 Å². The number of thioether (sulfide) groups is 1. The van der Waals surface area contributed by atoms with Crippen molar-refractivity contribution in [3.8, 4) is 11.4 Å². The van der Waals surface area contributed by atoms with Crippen LogP contribution in [0.15, 0.2) is 66.3 Å². The van der Waals surface area contributed by atoms with Crippen LogP contribution in [0.3, 0.4) is 0 Å². The first-order chi connectivity index (χ1) is 14.5. The molecule has 2 aromatic heterocycles. The number of aromatic nitrogens is 6. The van der Waals surface area contributed by atoms with Crippen LogP contribution in [0, 0.1) is 11.6 Å². The predicted octanol–water partition coefficient (Wildman–Crippen LogP) is 2.21. The first-order valence-electron chi connectivity index (χ1n) is 8.85. The zero-order valence-electron chi connectivity index (χ0n) is 15.6. The molecule has 154 valence electrons. The average molecular weight is 429 g/mol. The number of nitrogens with zero attached hydrogens (tertiary/aromatic N) is 6. The Morgan fingerprint density at radius 1 is 1.10 bits per heavy atom. The van der Waals surface area contributed by atoms with Crippen LogP contribution >= 0.6 is 11.8 Å². The van der Waals surface area contributed by atoms with Gasteiger partial charge in [-0.05, 0) is 6.07 Å². The molecule has 1 atom stereocenters. The summed E-state index contributed by atoms with van der Waals surface area (Å²) in [7, 11) is 0. The zero-order valence-corrected chi connectivity index (χ0v) is 16.4. The second-order valence-corrected chi connectivity index (χ2v) is 7.52. The molecule has 2 heterocycles. The van der Waals surface area contributed by atoms with Crippen LogP contribution < -0.4 is 5.84 Å². The molecule has 0 aliphatic carbocycles. The standard InChI is InChI=1S/C19H17F2N7OS/c20-14-6-7-15(16(21)8-14)19(29,9-27-12-23-11-24-27)10-30-18-26-25-17(28(18)22)13-4-2-1-3-5-13/h1-8,11-12,29H,9-10,22H2. The van der Waals surface area contributed by atoms with E-state index in [9.17, 15) is 13.9 Å². The number of nitrogen functional groups attached to an aromatic ring is 1. The highest BCUT2D eigenvalue weighted by atomic mass is 32.2. The lowest BCUT2D eigenvalue weighted by Crippen LogP contribution is -2.35. The molecule has 4 aromatic rings. The molecule has 8 nitrogen and oxygen atoms in total. The van der Waals surface area contributed by atoms with Crippen molar-refractivity contribution in [3.63, 3.8) is 0 Å². The van der Waals surface area contributed by atoms with Gasteiger partial charge in [-0.25, -0.2) is 23.1 Å². The van der Waals surface area contributed by atoms with E-state index in [1.54, 1.807) is 0 Å². The summed E-state index contributed by atoms with van der Waals surface area (Å²) >= 11 is 1.09. The van der Waals surface area contributed by atoms with Crippen LogP contribution in [0.5, 0.6) is 0 Å². The first kappa shape index (κ1) is 20.0. The van der Waals surface area contributed by atoms with Crippen molar-refractivity contribution in [2.45, 2.75) is 17.3 Å². The number of hydrogen-bond donors (Lipinski definition) is 2. The molecule has 0 radical (unpaired) electrons. The Hall–Kier alpha value is -3.31. The Morgan fingerprint density at radius 2 is 1.90 bits per heavy atom. The van der Waals surface area contributed by atoms with Gasteiger partial charge in [-0.2, -0.15) is 5.10 Å². The van der Waals surface area contributed by atoms with E-state index < -0.39 is 17.2 Å². The smallest absolute Gasteiger partial charge is 0.210 e. The third-order valence-electron chi connectivity index (χ3n) is 4.46. The Morgan fingerprint density at radius 3 is 2.60 bits per heavy atom. The van der Waals surface area contributed by atoms with Crippen molar-refractivity contribution in [3.05, 3.63) is 78.4 Å². The molecular formula is C19H17F2N7OS. The minimum absolute atomic E-state index is 0.0421. The molecule has 11 heteroatoms. The van der Waals surface area contributed by atoms with Gasteiger partial charge in [0.15, 0.2) is 5.82 Å². The highest BCUT2D eigenvalue weighted by Crippen LogP contribution is 2.33. The molecule has 4 rings (SSSR count). The molecule has 0 bridgehead atoms. The van der Waals surface area contributed by atoms with Crippen LogP contribution in [0.25, 0.3) is 11.4 Å². The number of halogens is 2. The van der Waals surface area contributed by atoms with Crippen molar-refractivity contribution >= 4 is 11.8 Å². The third-order valence-corrected chi connectivity index (χ3v) is 5.62. The fourth-order valence-corrected chi connectivity index (χ4v) is 3.94. The summed E-state index contributed by atoms with van der Waals surface area (Å²) in [6, 6.07) is 12.3. The topological polar surface area (TPSA) is 108 Å². The van der Waals surface area contributed by atoms with Gasteiger partial charge in [0, 0.05) is 22.9 Å². The van der Waals surface area contributed by atoms with Crippen molar-refractivity contribution in [2.75, 3.05) is 11.6 Å². The monoisotopic (exact) mass is 429 g/mol. The molecule has 0 aliphatic rings. The summed E-state index contributed by atoms with van der Waals surface area (Å²) in [5.74, 6) is 4.94. The molecule has 0 amide bonds. The van der Waals surface area contributed by atoms with E-state index in [0.29, 0.717) is 11.0 Å². The summed E-state index contributed by atoms with van der Waals surface area (Å²) in [5.41, 5.74) is -1.03. The zero-order chi connectivity index (χ0) is 21.1. The van der Waals surface area contributed by atoms with E-state index in [0.717, 1.165) is 29.5 Å². The highest BCUT2D eigenvalue weighted by Gasteiger charge is 2.34. The third kappa shape index (κ3) is 4.02.